The average molecular weight is 191 g/mol. The van der Waals surface area contributed by atoms with E-state index in [0.29, 0.717) is 12.8 Å². The molecule has 1 aliphatic carbocycles. The standard InChI is InChI=1S/C7H12O4S/c8-7-4-2-1-3-6(7)5-12(9,10)11/h6H,1-5H2,(H,9,10,11)/p-1. The number of carbonyl (C=O) groups is 1. The van der Waals surface area contributed by atoms with Gasteiger partial charge >= 0.3 is 0 Å². The topological polar surface area (TPSA) is 74.3 Å². The number of carbonyl (C=O) groups excluding carboxylic acids is 1. The van der Waals surface area contributed by atoms with Crippen LogP contribution in [-0.4, -0.2) is 24.5 Å². The van der Waals surface area contributed by atoms with Crippen molar-refractivity contribution in [2.75, 3.05) is 5.75 Å². The summed E-state index contributed by atoms with van der Waals surface area (Å²) in [6.07, 6.45) is 2.67. The van der Waals surface area contributed by atoms with Crippen LogP contribution >= 0.6 is 0 Å². The van der Waals surface area contributed by atoms with Crippen molar-refractivity contribution in [3.63, 3.8) is 0 Å². The van der Waals surface area contributed by atoms with Gasteiger partial charge in [-0.25, -0.2) is 8.42 Å². The molecule has 1 atom stereocenters. The van der Waals surface area contributed by atoms with Crippen molar-refractivity contribution in [1.29, 1.82) is 0 Å². The average Bonchev–Trinajstić information content (AvgIpc) is 1.91. The number of hydrogen-bond acceptors (Lipinski definition) is 4. The maximum absolute atomic E-state index is 11.1. The number of hydrogen-bond donors (Lipinski definition) is 0. The van der Waals surface area contributed by atoms with E-state index in [1.807, 2.05) is 0 Å². The Balaban J connectivity index is 2.56. The van der Waals surface area contributed by atoms with Crippen LogP contribution in [0.5, 0.6) is 0 Å². The van der Waals surface area contributed by atoms with Gasteiger partial charge in [0.2, 0.25) is 0 Å². The zero-order valence-electron chi connectivity index (χ0n) is 6.65. The Morgan fingerprint density at radius 2 is 2.08 bits per heavy atom. The summed E-state index contributed by atoms with van der Waals surface area (Å²) >= 11 is 0. The highest BCUT2D eigenvalue weighted by Crippen LogP contribution is 2.21. The Bertz CT molecular complexity index is 267. The van der Waals surface area contributed by atoms with Crippen LogP contribution in [0, 0.1) is 5.92 Å². The Hall–Kier alpha value is -0.420. The van der Waals surface area contributed by atoms with Crippen LogP contribution in [0.2, 0.25) is 0 Å². The van der Waals surface area contributed by atoms with Crippen LogP contribution in [-0.2, 0) is 14.9 Å². The minimum absolute atomic E-state index is 0.0688. The van der Waals surface area contributed by atoms with Gasteiger partial charge in [-0.05, 0) is 12.8 Å². The third-order valence-corrected chi connectivity index (χ3v) is 2.90. The van der Waals surface area contributed by atoms with Crippen LogP contribution in [0.25, 0.3) is 0 Å². The fourth-order valence-electron chi connectivity index (χ4n) is 1.48. The Morgan fingerprint density at radius 1 is 1.42 bits per heavy atom. The van der Waals surface area contributed by atoms with Crippen LogP contribution in [0.4, 0.5) is 0 Å². The van der Waals surface area contributed by atoms with Gasteiger partial charge in [0.05, 0.1) is 10.1 Å². The third kappa shape index (κ3) is 2.91. The lowest BCUT2D eigenvalue weighted by molar-refractivity contribution is -0.123. The Kier molecular flexibility index (Phi) is 2.85. The number of ketones is 1. The fraction of sp³-hybridized carbons (Fsp3) is 0.857. The lowest BCUT2D eigenvalue weighted by Crippen LogP contribution is -2.26. The molecule has 1 unspecified atom stereocenters. The van der Waals surface area contributed by atoms with E-state index in [1.165, 1.54) is 0 Å². The first-order chi connectivity index (χ1) is 5.49. The molecule has 0 heterocycles. The van der Waals surface area contributed by atoms with E-state index in [4.69, 9.17) is 0 Å². The van der Waals surface area contributed by atoms with Crippen LogP contribution in [0.1, 0.15) is 25.7 Å². The predicted octanol–water partition coefficient (Wildman–Crippen LogP) is 0.291. The summed E-state index contributed by atoms with van der Waals surface area (Å²) in [5.74, 6) is -1.10. The van der Waals surface area contributed by atoms with Gasteiger partial charge in [-0.15, -0.1) is 0 Å². The monoisotopic (exact) mass is 191 g/mol. The predicted molar refractivity (Wildman–Crippen MR) is 41.5 cm³/mol. The maximum Gasteiger partial charge on any atom is 0.136 e. The molecule has 70 valence electrons. The van der Waals surface area contributed by atoms with Crippen molar-refractivity contribution in [2.45, 2.75) is 25.7 Å². The SMILES string of the molecule is O=C1CCCCC1CS(=O)(=O)[O-]. The molecule has 0 aromatic heterocycles. The number of rotatable bonds is 2. The fourth-order valence-corrected chi connectivity index (χ4v) is 2.32. The molecule has 0 saturated heterocycles. The minimum Gasteiger partial charge on any atom is -0.748 e. The minimum atomic E-state index is -4.23. The van der Waals surface area contributed by atoms with E-state index in [1.54, 1.807) is 0 Å². The molecule has 1 rings (SSSR count). The van der Waals surface area contributed by atoms with Crippen molar-refractivity contribution in [1.82, 2.24) is 0 Å². The largest absolute Gasteiger partial charge is 0.748 e. The molecule has 0 aromatic rings. The van der Waals surface area contributed by atoms with E-state index in [9.17, 15) is 17.8 Å². The Labute approximate surface area is 71.7 Å². The van der Waals surface area contributed by atoms with Gasteiger partial charge in [-0.2, -0.15) is 0 Å². The molecule has 0 N–H and O–H groups in total. The normalized spacial score (nSPS) is 25.8. The molecule has 4 nitrogen and oxygen atoms in total. The molecule has 1 saturated carbocycles. The van der Waals surface area contributed by atoms with Gasteiger partial charge in [0.15, 0.2) is 0 Å². The number of Topliss-reactive ketones (excluding diaryl/α,β-unsaturated/α-hetero) is 1. The summed E-state index contributed by atoms with van der Waals surface area (Å²) in [5.41, 5.74) is 0. The molecule has 0 spiro atoms. The summed E-state index contributed by atoms with van der Waals surface area (Å²) in [5, 5.41) is 0. The highest BCUT2D eigenvalue weighted by atomic mass is 32.2. The van der Waals surface area contributed by atoms with E-state index >= 15 is 0 Å². The summed E-state index contributed by atoms with van der Waals surface area (Å²) in [6, 6.07) is 0. The second-order valence-electron chi connectivity index (χ2n) is 3.13. The molecule has 5 heteroatoms. The van der Waals surface area contributed by atoms with E-state index in [-0.39, 0.29) is 5.78 Å². The first-order valence-electron chi connectivity index (χ1n) is 3.95. The molecule has 1 fully saturated rings. The second-order valence-corrected chi connectivity index (χ2v) is 4.58. The molecule has 0 amide bonds. The van der Waals surface area contributed by atoms with Gasteiger partial charge in [-0.3, -0.25) is 4.79 Å². The maximum atomic E-state index is 11.1. The molecule has 0 aliphatic heterocycles. The van der Waals surface area contributed by atoms with Gasteiger partial charge in [-0.1, -0.05) is 6.42 Å². The molecular weight excluding hydrogens is 180 g/mol. The van der Waals surface area contributed by atoms with E-state index in [0.717, 1.165) is 12.8 Å². The van der Waals surface area contributed by atoms with Gasteiger partial charge in [0, 0.05) is 18.1 Å². The third-order valence-electron chi connectivity index (χ3n) is 2.09. The Morgan fingerprint density at radius 3 is 2.58 bits per heavy atom. The van der Waals surface area contributed by atoms with Crippen LogP contribution in [0.15, 0.2) is 0 Å². The van der Waals surface area contributed by atoms with Gasteiger partial charge in [0.1, 0.15) is 5.78 Å². The smallest absolute Gasteiger partial charge is 0.136 e. The summed E-state index contributed by atoms with van der Waals surface area (Å²) < 4.78 is 31.0. The highest BCUT2D eigenvalue weighted by molar-refractivity contribution is 7.85. The lowest BCUT2D eigenvalue weighted by atomic mass is 9.89. The molecule has 12 heavy (non-hydrogen) atoms. The van der Waals surface area contributed by atoms with Crippen molar-refractivity contribution in [2.24, 2.45) is 5.92 Å². The van der Waals surface area contributed by atoms with Gasteiger partial charge < -0.3 is 4.55 Å². The zero-order chi connectivity index (χ0) is 9.19. The molecule has 0 aromatic carbocycles. The van der Waals surface area contributed by atoms with Crippen molar-refractivity contribution < 1.29 is 17.8 Å². The zero-order valence-corrected chi connectivity index (χ0v) is 7.47. The highest BCUT2D eigenvalue weighted by Gasteiger charge is 2.23. The van der Waals surface area contributed by atoms with Crippen molar-refractivity contribution in [3.8, 4) is 0 Å². The summed E-state index contributed by atoms with van der Waals surface area (Å²) in [7, 11) is -4.23. The van der Waals surface area contributed by atoms with E-state index < -0.39 is 21.8 Å². The van der Waals surface area contributed by atoms with Crippen molar-refractivity contribution >= 4 is 15.9 Å². The summed E-state index contributed by atoms with van der Waals surface area (Å²) in [4.78, 5) is 11.1. The lowest BCUT2D eigenvalue weighted by Gasteiger charge is -2.21. The van der Waals surface area contributed by atoms with Crippen molar-refractivity contribution in [3.05, 3.63) is 0 Å². The second kappa shape index (κ2) is 3.53. The first kappa shape index (κ1) is 9.67. The summed E-state index contributed by atoms with van der Waals surface area (Å²) in [6.45, 7) is 0. The van der Waals surface area contributed by atoms with Crippen LogP contribution < -0.4 is 0 Å². The first-order valence-corrected chi connectivity index (χ1v) is 5.53. The van der Waals surface area contributed by atoms with E-state index in [2.05, 4.69) is 0 Å². The quantitative estimate of drug-likeness (QED) is 0.588. The molecule has 0 bridgehead atoms. The van der Waals surface area contributed by atoms with Crippen LogP contribution in [0.3, 0.4) is 0 Å². The van der Waals surface area contributed by atoms with Gasteiger partial charge in [0.25, 0.3) is 0 Å². The molecular formula is C7H11O4S-. The molecule has 1 aliphatic rings. The molecule has 0 radical (unpaired) electrons.